The van der Waals surface area contributed by atoms with Gasteiger partial charge >= 0.3 is 0 Å². The summed E-state index contributed by atoms with van der Waals surface area (Å²) in [6.07, 6.45) is 2.06. The molecular weight excluding hydrogens is 284 g/mol. The van der Waals surface area contributed by atoms with Gasteiger partial charge in [0.1, 0.15) is 0 Å². The van der Waals surface area contributed by atoms with Crippen molar-refractivity contribution < 1.29 is 19.1 Å². The number of carbonyl (C=O) groups is 2. The summed E-state index contributed by atoms with van der Waals surface area (Å²) in [6.45, 7) is 3.71. The number of carbonyl (C=O) groups excluding carboxylic acids is 2. The van der Waals surface area contributed by atoms with E-state index >= 15 is 0 Å². The Bertz CT molecular complexity index is 551. The van der Waals surface area contributed by atoms with Crippen LogP contribution in [0.1, 0.15) is 30.1 Å². The van der Waals surface area contributed by atoms with Gasteiger partial charge in [-0.25, -0.2) is 0 Å². The molecule has 2 rings (SSSR count). The van der Waals surface area contributed by atoms with Crippen molar-refractivity contribution in [1.29, 1.82) is 0 Å². The molecule has 0 bridgehead atoms. The van der Waals surface area contributed by atoms with E-state index in [4.69, 9.17) is 15.2 Å². The lowest BCUT2D eigenvalue weighted by atomic mass is 9.99. The number of amides is 2. The third kappa shape index (κ3) is 3.90. The summed E-state index contributed by atoms with van der Waals surface area (Å²) >= 11 is 0. The first kappa shape index (κ1) is 16.1. The maximum Gasteiger partial charge on any atom is 0.260 e. The summed E-state index contributed by atoms with van der Waals surface area (Å²) in [5, 5.41) is 0. The molecular formula is C16H22N2O4. The van der Waals surface area contributed by atoms with Crippen LogP contribution in [0, 0.1) is 5.92 Å². The number of nitrogens with two attached hydrogens (primary N) is 1. The second kappa shape index (κ2) is 7.15. The zero-order chi connectivity index (χ0) is 16.1. The maximum absolute atomic E-state index is 12.1. The summed E-state index contributed by atoms with van der Waals surface area (Å²) in [4.78, 5) is 25.1. The largest absolute Gasteiger partial charge is 0.493 e. The quantitative estimate of drug-likeness (QED) is 0.892. The predicted molar refractivity (Wildman–Crippen MR) is 82.0 cm³/mol. The van der Waals surface area contributed by atoms with Crippen molar-refractivity contribution >= 4 is 11.8 Å². The molecule has 1 aromatic carbocycles. The van der Waals surface area contributed by atoms with Gasteiger partial charge < -0.3 is 20.1 Å². The van der Waals surface area contributed by atoms with Crippen molar-refractivity contribution in [3.63, 3.8) is 0 Å². The minimum absolute atomic E-state index is 0.0343. The van der Waals surface area contributed by atoms with Gasteiger partial charge in [0, 0.05) is 18.7 Å². The molecule has 2 N–H and O–H groups in total. The Morgan fingerprint density at radius 2 is 1.95 bits per heavy atom. The molecule has 0 atom stereocenters. The first-order valence-electron chi connectivity index (χ1n) is 7.39. The van der Waals surface area contributed by atoms with Crippen molar-refractivity contribution in [1.82, 2.24) is 4.90 Å². The van der Waals surface area contributed by atoms with Crippen LogP contribution in [0.3, 0.4) is 0 Å². The van der Waals surface area contributed by atoms with Gasteiger partial charge in [-0.05, 0) is 37.0 Å². The number of primary amides is 1. The Hall–Kier alpha value is -2.24. The maximum atomic E-state index is 12.1. The Balaban J connectivity index is 1.96. The van der Waals surface area contributed by atoms with Gasteiger partial charge in [-0.1, -0.05) is 6.92 Å². The van der Waals surface area contributed by atoms with E-state index in [1.54, 1.807) is 12.1 Å². The average molecular weight is 306 g/mol. The van der Waals surface area contributed by atoms with Gasteiger partial charge in [-0.2, -0.15) is 0 Å². The fraction of sp³-hybridized carbons (Fsp3) is 0.500. The Morgan fingerprint density at radius 3 is 2.55 bits per heavy atom. The van der Waals surface area contributed by atoms with E-state index in [0.29, 0.717) is 23.0 Å². The third-order valence-electron chi connectivity index (χ3n) is 3.94. The molecule has 6 nitrogen and oxygen atoms in total. The van der Waals surface area contributed by atoms with Gasteiger partial charge in [-0.15, -0.1) is 0 Å². The molecule has 1 aliphatic heterocycles. The van der Waals surface area contributed by atoms with Crippen LogP contribution in [-0.4, -0.2) is 43.5 Å². The molecule has 1 aliphatic rings. The topological polar surface area (TPSA) is 81.9 Å². The molecule has 120 valence electrons. The van der Waals surface area contributed by atoms with Crippen LogP contribution in [0.5, 0.6) is 11.5 Å². The van der Waals surface area contributed by atoms with Crippen LogP contribution in [0.15, 0.2) is 18.2 Å². The average Bonchev–Trinajstić information content (AvgIpc) is 2.52. The number of piperidine rings is 1. The van der Waals surface area contributed by atoms with Crippen molar-refractivity contribution in [3.8, 4) is 11.5 Å². The van der Waals surface area contributed by atoms with Gasteiger partial charge in [0.15, 0.2) is 18.1 Å². The van der Waals surface area contributed by atoms with Crippen LogP contribution in [0.4, 0.5) is 0 Å². The van der Waals surface area contributed by atoms with E-state index in [9.17, 15) is 9.59 Å². The molecule has 0 aliphatic carbocycles. The number of hydrogen-bond donors (Lipinski definition) is 1. The molecule has 0 aromatic heterocycles. The highest BCUT2D eigenvalue weighted by Crippen LogP contribution is 2.28. The third-order valence-corrected chi connectivity index (χ3v) is 3.94. The monoisotopic (exact) mass is 306 g/mol. The highest BCUT2D eigenvalue weighted by atomic mass is 16.5. The number of nitrogens with zero attached hydrogens (tertiary/aromatic N) is 1. The van der Waals surface area contributed by atoms with E-state index in [-0.39, 0.29) is 12.5 Å². The highest BCUT2D eigenvalue weighted by molar-refractivity contribution is 5.93. The fourth-order valence-electron chi connectivity index (χ4n) is 2.43. The Kier molecular flexibility index (Phi) is 5.25. The standard InChI is InChI=1S/C16H22N2O4/c1-11-5-7-18(8-6-11)15(19)10-22-13-4-3-12(16(17)20)9-14(13)21-2/h3-4,9,11H,5-8,10H2,1-2H3,(H2,17,20). The van der Waals surface area contributed by atoms with Gasteiger partial charge in [0.05, 0.1) is 7.11 Å². The zero-order valence-electron chi connectivity index (χ0n) is 13.0. The van der Waals surface area contributed by atoms with Gasteiger partial charge in [0.2, 0.25) is 5.91 Å². The summed E-state index contributed by atoms with van der Waals surface area (Å²) in [7, 11) is 1.47. The number of ether oxygens (including phenoxy) is 2. The second-order valence-corrected chi connectivity index (χ2v) is 5.58. The Labute approximate surface area is 130 Å². The molecule has 1 aromatic rings. The molecule has 0 radical (unpaired) electrons. The van der Waals surface area contributed by atoms with Crippen LogP contribution in [0.2, 0.25) is 0 Å². The van der Waals surface area contributed by atoms with Crippen LogP contribution in [0.25, 0.3) is 0 Å². The SMILES string of the molecule is COc1cc(C(N)=O)ccc1OCC(=O)N1CCC(C)CC1. The molecule has 22 heavy (non-hydrogen) atoms. The smallest absolute Gasteiger partial charge is 0.260 e. The molecule has 1 fully saturated rings. The van der Waals surface area contributed by atoms with Gasteiger partial charge in [0.25, 0.3) is 5.91 Å². The predicted octanol–water partition coefficient (Wildman–Crippen LogP) is 1.43. The first-order valence-corrected chi connectivity index (χ1v) is 7.39. The minimum atomic E-state index is -0.539. The first-order chi connectivity index (χ1) is 10.5. The van der Waals surface area contributed by atoms with E-state index in [1.807, 2.05) is 4.90 Å². The van der Waals surface area contributed by atoms with E-state index in [1.165, 1.54) is 13.2 Å². The molecule has 0 saturated carbocycles. The summed E-state index contributed by atoms with van der Waals surface area (Å²) in [6, 6.07) is 4.64. The van der Waals surface area contributed by atoms with Crippen molar-refractivity contribution in [2.24, 2.45) is 11.7 Å². The molecule has 1 heterocycles. The summed E-state index contributed by atoms with van der Waals surface area (Å²) in [5.74, 6) is 0.908. The number of rotatable bonds is 5. The second-order valence-electron chi connectivity index (χ2n) is 5.58. The van der Waals surface area contributed by atoms with E-state index in [2.05, 4.69) is 6.92 Å². The molecule has 6 heteroatoms. The summed E-state index contributed by atoms with van der Waals surface area (Å²) in [5.41, 5.74) is 5.56. The minimum Gasteiger partial charge on any atom is -0.493 e. The van der Waals surface area contributed by atoms with Crippen molar-refractivity contribution in [3.05, 3.63) is 23.8 Å². The lowest BCUT2D eigenvalue weighted by molar-refractivity contribution is -0.134. The van der Waals surface area contributed by atoms with Gasteiger partial charge in [-0.3, -0.25) is 9.59 Å². The molecule has 0 unspecified atom stereocenters. The van der Waals surface area contributed by atoms with Crippen molar-refractivity contribution in [2.75, 3.05) is 26.8 Å². The number of benzene rings is 1. The molecule has 1 saturated heterocycles. The zero-order valence-corrected chi connectivity index (χ0v) is 13.0. The molecule has 0 spiro atoms. The van der Waals surface area contributed by atoms with Crippen LogP contribution < -0.4 is 15.2 Å². The number of hydrogen-bond acceptors (Lipinski definition) is 4. The fourth-order valence-corrected chi connectivity index (χ4v) is 2.43. The van der Waals surface area contributed by atoms with Crippen LogP contribution >= 0.6 is 0 Å². The van der Waals surface area contributed by atoms with Crippen molar-refractivity contribution in [2.45, 2.75) is 19.8 Å². The number of likely N-dealkylation sites (tertiary alicyclic amines) is 1. The molecule has 2 amide bonds. The summed E-state index contributed by atoms with van der Waals surface area (Å²) < 4.78 is 10.7. The van der Waals surface area contributed by atoms with Crippen LogP contribution in [-0.2, 0) is 4.79 Å². The highest BCUT2D eigenvalue weighted by Gasteiger charge is 2.21. The van der Waals surface area contributed by atoms with E-state index < -0.39 is 5.91 Å². The lowest BCUT2D eigenvalue weighted by Gasteiger charge is -2.30. The lowest BCUT2D eigenvalue weighted by Crippen LogP contribution is -2.40. The Morgan fingerprint density at radius 1 is 1.27 bits per heavy atom. The normalized spacial score (nSPS) is 15.5. The van der Waals surface area contributed by atoms with E-state index in [0.717, 1.165) is 25.9 Å². The number of methoxy groups -OCH3 is 1.